The predicted molar refractivity (Wildman–Crippen MR) is 68.5 cm³/mol. The van der Waals surface area contributed by atoms with E-state index in [9.17, 15) is 9.59 Å². The predicted octanol–water partition coefficient (Wildman–Crippen LogP) is 0.780. The molecule has 0 unspecified atom stereocenters. The number of rotatable bonds is 3. The van der Waals surface area contributed by atoms with Crippen LogP contribution in [0, 0.1) is 6.92 Å². The maximum absolute atomic E-state index is 11.9. The summed E-state index contributed by atoms with van der Waals surface area (Å²) in [7, 11) is 0. The van der Waals surface area contributed by atoms with E-state index < -0.39 is 0 Å². The lowest BCUT2D eigenvalue weighted by Crippen LogP contribution is -2.33. The van der Waals surface area contributed by atoms with E-state index in [1.807, 2.05) is 0 Å². The summed E-state index contributed by atoms with van der Waals surface area (Å²) < 4.78 is 0. The molecule has 18 heavy (non-hydrogen) atoms. The fourth-order valence-electron chi connectivity index (χ4n) is 1.51. The van der Waals surface area contributed by atoms with Crippen LogP contribution in [0.1, 0.15) is 11.5 Å². The Labute approximate surface area is 108 Å². The molecule has 0 spiro atoms. The van der Waals surface area contributed by atoms with E-state index in [1.165, 1.54) is 0 Å². The van der Waals surface area contributed by atoms with Crippen molar-refractivity contribution >= 4 is 29.0 Å². The van der Waals surface area contributed by atoms with Crippen LogP contribution in [0.25, 0.3) is 6.08 Å². The lowest BCUT2D eigenvalue weighted by Gasteiger charge is -2.09. The van der Waals surface area contributed by atoms with E-state index in [4.69, 9.17) is 5.73 Å². The van der Waals surface area contributed by atoms with Gasteiger partial charge in [0.25, 0.3) is 11.1 Å². The van der Waals surface area contributed by atoms with E-state index >= 15 is 0 Å². The summed E-state index contributed by atoms with van der Waals surface area (Å²) in [6, 6.07) is 1.68. The molecule has 7 heteroatoms. The number of nitrogens with zero attached hydrogens (tertiary/aromatic N) is 3. The normalized spacial score (nSPS) is 17.9. The zero-order valence-electron chi connectivity index (χ0n) is 9.79. The Balaban J connectivity index is 2.25. The number of carbonyl (C=O) groups excluding carboxylic acids is 2. The topological polar surface area (TPSA) is 89.2 Å². The van der Waals surface area contributed by atoms with Crippen LogP contribution in [0.2, 0.25) is 0 Å². The number of aryl methyl sites for hydroxylation is 1. The summed E-state index contributed by atoms with van der Waals surface area (Å²) in [5.74, 6) is 0.302. The average molecular weight is 264 g/mol. The number of imide groups is 1. The second kappa shape index (κ2) is 5.28. The Morgan fingerprint density at radius 2 is 2.28 bits per heavy atom. The second-order valence-electron chi connectivity index (χ2n) is 3.65. The minimum atomic E-state index is -0.313. The fourth-order valence-corrected chi connectivity index (χ4v) is 2.36. The first kappa shape index (κ1) is 12.7. The molecule has 1 saturated heterocycles. The average Bonchev–Trinajstić information content (AvgIpc) is 2.57. The van der Waals surface area contributed by atoms with Gasteiger partial charge in [0.05, 0.1) is 10.6 Å². The number of aromatic nitrogens is 2. The van der Waals surface area contributed by atoms with Gasteiger partial charge < -0.3 is 5.73 Å². The Morgan fingerprint density at radius 1 is 1.50 bits per heavy atom. The van der Waals surface area contributed by atoms with Crippen molar-refractivity contribution in [1.29, 1.82) is 0 Å². The van der Waals surface area contributed by atoms with Gasteiger partial charge in [-0.25, -0.2) is 9.97 Å². The number of thioether (sulfide) groups is 1. The number of hydrogen-bond acceptors (Lipinski definition) is 6. The minimum Gasteiger partial charge on any atom is -0.329 e. The first-order valence-electron chi connectivity index (χ1n) is 5.37. The van der Waals surface area contributed by atoms with Gasteiger partial charge in [-0.1, -0.05) is 0 Å². The standard InChI is InChI=1S/C11H12N4O2S/c1-7-13-4-2-8(14-7)6-9-10(16)15(5-3-12)11(17)18-9/h2,4,6H,3,5,12H2,1H3/b9-6+. The first-order chi connectivity index (χ1) is 8.61. The second-order valence-corrected chi connectivity index (χ2v) is 4.64. The third-order valence-corrected chi connectivity index (χ3v) is 3.21. The number of hydrogen-bond donors (Lipinski definition) is 1. The van der Waals surface area contributed by atoms with Crippen molar-refractivity contribution in [3.63, 3.8) is 0 Å². The van der Waals surface area contributed by atoms with Crippen molar-refractivity contribution in [1.82, 2.24) is 14.9 Å². The summed E-state index contributed by atoms with van der Waals surface area (Å²) >= 11 is 0.905. The van der Waals surface area contributed by atoms with Gasteiger partial charge in [0, 0.05) is 19.3 Å². The quantitative estimate of drug-likeness (QED) is 0.811. The summed E-state index contributed by atoms with van der Waals surface area (Å²) in [5.41, 5.74) is 5.97. The first-order valence-corrected chi connectivity index (χ1v) is 6.18. The molecule has 2 amide bonds. The van der Waals surface area contributed by atoms with Gasteiger partial charge in [0.1, 0.15) is 5.82 Å². The lowest BCUT2D eigenvalue weighted by atomic mass is 10.3. The molecule has 1 aliphatic heterocycles. The zero-order valence-corrected chi connectivity index (χ0v) is 10.6. The number of nitrogens with two attached hydrogens (primary N) is 1. The Kier molecular flexibility index (Phi) is 3.73. The highest BCUT2D eigenvalue weighted by molar-refractivity contribution is 8.18. The van der Waals surface area contributed by atoms with Crippen LogP contribution >= 0.6 is 11.8 Å². The summed E-state index contributed by atoms with van der Waals surface area (Å²) in [5, 5.41) is -0.289. The highest BCUT2D eigenvalue weighted by Gasteiger charge is 2.34. The zero-order chi connectivity index (χ0) is 13.1. The third kappa shape index (κ3) is 2.57. The molecule has 1 aliphatic rings. The molecule has 0 aromatic carbocycles. The Morgan fingerprint density at radius 3 is 2.94 bits per heavy atom. The van der Waals surface area contributed by atoms with Gasteiger partial charge in [0.2, 0.25) is 0 Å². The molecule has 2 rings (SSSR count). The van der Waals surface area contributed by atoms with Gasteiger partial charge in [-0.2, -0.15) is 0 Å². The molecule has 1 aromatic heterocycles. The number of amides is 2. The SMILES string of the molecule is Cc1nccc(/C=C2/SC(=O)N(CCN)C2=O)n1. The summed E-state index contributed by atoms with van der Waals surface area (Å²) in [6.45, 7) is 2.26. The fraction of sp³-hybridized carbons (Fsp3) is 0.273. The Bertz CT molecular complexity index is 530. The van der Waals surface area contributed by atoms with Crippen LogP contribution in [0.15, 0.2) is 17.2 Å². The Hall–Kier alpha value is -1.73. The van der Waals surface area contributed by atoms with Crippen LogP contribution in [0.3, 0.4) is 0 Å². The number of carbonyl (C=O) groups is 2. The molecular formula is C11H12N4O2S. The largest absolute Gasteiger partial charge is 0.329 e. The highest BCUT2D eigenvalue weighted by atomic mass is 32.2. The van der Waals surface area contributed by atoms with Crippen molar-refractivity contribution in [3.05, 3.63) is 28.7 Å². The molecule has 0 bridgehead atoms. The molecular weight excluding hydrogens is 252 g/mol. The van der Waals surface area contributed by atoms with Gasteiger partial charge >= 0.3 is 0 Å². The summed E-state index contributed by atoms with van der Waals surface area (Å²) in [6.07, 6.45) is 3.20. The third-order valence-electron chi connectivity index (χ3n) is 2.30. The van der Waals surface area contributed by atoms with E-state index in [1.54, 1.807) is 25.3 Å². The molecule has 94 valence electrons. The van der Waals surface area contributed by atoms with Crippen LogP contribution < -0.4 is 5.73 Å². The van der Waals surface area contributed by atoms with Gasteiger partial charge in [-0.3, -0.25) is 14.5 Å². The van der Waals surface area contributed by atoms with Crippen molar-refractivity contribution in [2.45, 2.75) is 6.92 Å². The molecule has 2 N–H and O–H groups in total. The molecule has 6 nitrogen and oxygen atoms in total. The van der Waals surface area contributed by atoms with E-state index in [0.29, 0.717) is 16.4 Å². The van der Waals surface area contributed by atoms with Gasteiger partial charge in [0.15, 0.2) is 0 Å². The van der Waals surface area contributed by atoms with E-state index in [2.05, 4.69) is 9.97 Å². The van der Waals surface area contributed by atoms with Crippen molar-refractivity contribution in [2.24, 2.45) is 5.73 Å². The molecule has 0 atom stereocenters. The monoisotopic (exact) mass is 264 g/mol. The van der Waals surface area contributed by atoms with E-state index in [-0.39, 0.29) is 24.2 Å². The molecule has 0 aliphatic carbocycles. The molecule has 0 saturated carbocycles. The minimum absolute atomic E-state index is 0.241. The maximum Gasteiger partial charge on any atom is 0.293 e. The molecule has 1 fully saturated rings. The highest BCUT2D eigenvalue weighted by Crippen LogP contribution is 2.31. The molecule has 0 radical (unpaired) electrons. The maximum atomic E-state index is 11.9. The van der Waals surface area contributed by atoms with Crippen molar-refractivity contribution in [2.75, 3.05) is 13.1 Å². The lowest BCUT2D eigenvalue weighted by molar-refractivity contribution is -0.122. The van der Waals surface area contributed by atoms with E-state index in [0.717, 1.165) is 16.7 Å². The molecule has 1 aromatic rings. The van der Waals surface area contributed by atoms with Crippen LogP contribution in [-0.2, 0) is 4.79 Å². The van der Waals surface area contributed by atoms with Crippen molar-refractivity contribution in [3.8, 4) is 0 Å². The molecule has 2 heterocycles. The van der Waals surface area contributed by atoms with Crippen molar-refractivity contribution < 1.29 is 9.59 Å². The summed E-state index contributed by atoms with van der Waals surface area (Å²) in [4.78, 5) is 33.1. The van der Waals surface area contributed by atoms with Crippen LogP contribution in [-0.4, -0.2) is 39.1 Å². The van der Waals surface area contributed by atoms with Crippen LogP contribution in [0.5, 0.6) is 0 Å². The smallest absolute Gasteiger partial charge is 0.293 e. The van der Waals surface area contributed by atoms with Crippen LogP contribution in [0.4, 0.5) is 4.79 Å². The van der Waals surface area contributed by atoms with Gasteiger partial charge in [-0.05, 0) is 30.8 Å². The van der Waals surface area contributed by atoms with Gasteiger partial charge in [-0.15, -0.1) is 0 Å².